The Labute approximate surface area is 112 Å². The van der Waals surface area contributed by atoms with Crippen LogP contribution in [0.5, 0.6) is 0 Å². The molecule has 0 bridgehead atoms. The fraction of sp³-hybridized carbons (Fsp3) is 0.167. The molecule has 0 saturated carbocycles. The van der Waals surface area contributed by atoms with Crippen LogP contribution >= 0.6 is 15.9 Å². The molecule has 1 heterocycles. The second kappa shape index (κ2) is 5.22. The number of alkyl halides is 1. The molecule has 94 valence electrons. The Morgan fingerprint density at radius 3 is 2.67 bits per heavy atom. The Hall–Kier alpha value is -1.82. The van der Waals surface area contributed by atoms with E-state index in [1.54, 1.807) is 13.0 Å². The molecule has 3 N–H and O–H groups in total. The van der Waals surface area contributed by atoms with Crippen molar-refractivity contribution < 1.29 is 9.59 Å². The van der Waals surface area contributed by atoms with E-state index in [1.165, 1.54) is 0 Å². The molecule has 0 aliphatic heterocycles. The molecular weight excluding hydrogens is 298 g/mol. The van der Waals surface area contributed by atoms with Crippen molar-refractivity contribution in [2.24, 2.45) is 0 Å². The van der Waals surface area contributed by atoms with Crippen molar-refractivity contribution in [1.29, 1.82) is 0 Å². The van der Waals surface area contributed by atoms with Gasteiger partial charge >= 0.3 is 0 Å². The van der Waals surface area contributed by atoms with E-state index < -0.39 is 0 Å². The average molecular weight is 310 g/mol. The number of carbonyl (C=O) groups is 2. The SMILES string of the molecule is CC(Br)C(=O)NNC(=O)c1cc2ccccc2[nH]1. The molecule has 0 aliphatic rings. The van der Waals surface area contributed by atoms with Crippen molar-refractivity contribution in [1.82, 2.24) is 15.8 Å². The van der Waals surface area contributed by atoms with Gasteiger partial charge in [-0.3, -0.25) is 20.4 Å². The highest BCUT2D eigenvalue weighted by Gasteiger charge is 2.12. The summed E-state index contributed by atoms with van der Waals surface area (Å²) < 4.78 is 0. The summed E-state index contributed by atoms with van der Waals surface area (Å²) in [5.41, 5.74) is 5.94. The van der Waals surface area contributed by atoms with Gasteiger partial charge in [0.25, 0.3) is 11.8 Å². The Morgan fingerprint density at radius 2 is 2.00 bits per heavy atom. The van der Waals surface area contributed by atoms with Crippen molar-refractivity contribution in [2.75, 3.05) is 0 Å². The van der Waals surface area contributed by atoms with Crippen LogP contribution in [0.3, 0.4) is 0 Å². The first-order valence-electron chi connectivity index (χ1n) is 5.40. The predicted octanol–water partition coefficient (Wildman–Crippen LogP) is 1.71. The molecule has 0 saturated heterocycles. The average Bonchev–Trinajstić information content (AvgIpc) is 2.79. The van der Waals surface area contributed by atoms with Crippen molar-refractivity contribution in [3.63, 3.8) is 0 Å². The highest BCUT2D eigenvalue weighted by atomic mass is 79.9. The van der Waals surface area contributed by atoms with Gasteiger partial charge in [-0.25, -0.2) is 0 Å². The molecule has 0 aliphatic carbocycles. The Morgan fingerprint density at radius 1 is 1.28 bits per heavy atom. The van der Waals surface area contributed by atoms with E-state index >= 15 is 0 Å². The first-order chi connectivity index (χ1) is 8.58. The molecule has 0 radical (unpaired) electrons. The fourth-order valence-electron chi connectivity index (χ4n) is 1.48. The van der Waals surface area contributed by atoms with Crippen LogP contribution in [0.4, 0.5) is 0 Å². The van der Waals surface area contributed by atoms with E-state index in [0.717, 1.165) is 10.9 Å². The highest BCUT2D eigenvalue weighted by Crippen LogP contribution is 2.14. The summed E-state index contributed by atoms with van der Waals surface area (Å²) >= 11 is 3.10. The zero-order chi connectivity index (χ0) is 13.1. The second-order valence-electron chi connectivity index (χ2n) is 3.83. The van der Waals surface area contributed by atoms with Gasteiger partial charge in [0.1, 0.15) is 5.69 Å². The number of aromatic nitrogens is 1. The second-order valence-corrected chi connectivity index (χ2v) is 5.20. The quantitative estimate of drug-likeness (QED) is 0.583. The zero-order valence-corrected chi connectivity index (χ0v) is 11.2. The molecule has 5 nitrogen and oxygen atoms in total. The van der Waals surface area contributed by atoms with Gasteiger partial charge in [0.05, 0.1) is 4.83 Å². The van der Waals surface area contributed by atoms with Crippen LogP contribution in [0.2, 0.25) is 0 Å². The van der Waals surface area contributed by atoms with Crippen molar-refractivity contribution in [3.05, 3.63) is 36.0 Å². The van der Waals surface area contributed by atoms with Gasteiger partial charge in [-0.15, -0.1) is 0 Å². The van der Waals surface area contributed by atoms with Gasteiger partial charge in [-0.05, 0) is 19.1 Å². The van der Waals surface area contributed by atoms with Crippen LogP contribution in [0, 0.1) is 0 Å². The summed E-state index contributed by atoms with van der Waals surface area (Å²) in [7, 11) is 0. The number of nitrogens with one attached hydrogen (secondary N) is 3. The fourth-order valence-corrected chi connectivity index (χ4v) is 1.60. The molecule has 2 amide bonds. The highest BCUT2D eigenvalue weighted by molar-refractivity contribution is 9.10. The standard InChI is InChI=1S/C12H12BrN3O2/c1-7(13)11(17)15-16-12(18)10-6-8-4-2-3-5-9(8)14-10/h2-7,14H,1H3,(H,15,17)(H,16,18). The molecule has 18 heavy (non-hydrogen) atoms. The lowest BCUT2D eigenvalue weighted by atomic mass is 10.2. The van der Waals surface area contributed by atoms with E-state index in [0.29, 0.717) is 5.69 Å². The normalized spacial score (nSPS) is 12.1. The third-order valence-electron chi connectivity index (χ3n) is 2.44. The molecule has 0 spiro atoms. The monoisotopic (exact) mass is 309 g/mol. The number of para-hydroxylation sites is 1. The minimum Gasteiger partial charge on any atom is -0.350 e. The minimum absolute atomic E-state index is 0.306. The zero-order valence-electron chi connectivity index (χ0n) is 9.66. The third-order valence-corrected chi connectivity index (χ3v) is 2.85. The van der Waals surface area contributed by atoms with Gasteiger partial charge in [-0.1, -0.05) is 34.1 Å². The van der Waals surface area contributed by atoms with E-state index in [9.17, 15) is 9.59 Å². The molecule has 1 unspecified atom stereocenters. The number of hydrogen-bond donors (Lipinski definition) is 3. The summed E-state index contributed by atoms with van der Waals surface area (Å²) in [4.78, 5) is 25.6. The summed E-state index contributed by atoms with van der Waals surface area (Å²) in [5, 5.41) is 0.947. The Bertz CT molecular complexity index is 559. The number of rotatable bonds is 2. The smallest absolute Gasteiger partial charge is 0.286 e. The van der Waals surface area contributed by atoms with Crippen LogP contribution in [-0.2, 0) is 4.79 Å². The lowest BCUT2D eigenvalue weighted by Crippen LogP contribution is -2.44. The first-order valence-corrected chi connectivity index (χ1v) is 6.31. The lowest BCUT2D eigenvalue weighted by Gasteiger charge is -2.07. The van der Waals surface area contributed by atoms with Crippen LogP contribution in [-0.4, -0.2) is 21.6 Å². The molecule has 6 heteroatoms. The molecule has 0 fully saturated rings. The van der Waals surface area contributed by atoms with E-state index in [1.807, 2.05) is 24.3 Å². The van der Waals surface area contributed by atoms with Crippen LogP contribution < -0.4 is 10.9 Å². The van der Waals surface area contributed by atoms with Crippen LogP contribution in [0.25, 0.3) is 10.9 Å². The summed E-state index contributed by atoms with van der Waals surface area (Å²) in [6.07, 6.45) is 0. The first kappa shape index (κ1) is 12.6. The molecular formula is C12H12BrN3O2. The maximum atomic E-state index is 11.8. The molecule has 1 aromatic carbocycles. The van der Waals surface area contributed by atoms with Gasteiger partial charge in [0.15, 0.2) is 0 Å². The topological polar surface area (TPSA) is 74.0 Å². The number of fused-ring (bicyclic) bond motifs is 1. The number of halogens is 1. The summed E-state index contributed by atoms with van der Waals surface area (Å²) in [6, 6.07) is 9.29. The molecule has 2 rings (SSSR count). The molecule has 1 atom stereocenters. The largest absolute Gasteiger partial charge is 0.350 e. The summed E-state index contributed by atoms with van der Waals surface area (Å²) in [5.74, 6) is -0.688. The summed E-state index contributed by atoms with van der Waals surface area (Å²) in [6.45, 7) is 1.67. The van der Waals surface area contributed by atoms with Crippen molar-refractivity contribution in [3.8, 4) is 0 Å². The maximum Gasteiger partial charge on any atom is 0.286 e. The van der Waals surface area contributed by atoms with Crippen molar-refractivity contribution >= 4 is 38.6 Å². The molecule has 2 aromatic rings. The lowest BCUT2D eigenvalue weighted by molar-refractivity contribution is -0.120. The van der Waals surface area contributed by atoms with Gasteiger partial charge in [0, 0.05) is 10.9 Å². The number of aromatic amines is 1. The number of hydrazine groups is 1. The molecule has 1 aromatic heterocycles. The van der Waals surface area contributed by atoms with Crippen LogP contribution in [0.1, 0.15) is 17.4 Å². The predicted molar refractivity (Wildman–Crippen MR) is 72.3 cm³/mol. The number of hydrogen-bond acceptors (Lipinski definition) is 2. The minimum atomic E-state index is -0.382. The number of H-pyrrole nitrogens is 1. The van der Waals surface area contributed by atoms with E-state index in [4.69, 9.17) is 0 Å². The third kappa shape index (κ3) is 2.70. The maximum absolute atomic E-state index is 11.8. The van der Waals surface area contributed by atoms with Crippen molar-refractivity contribution in [2.45, 2.75) is 11.8 Å². The Kier molecular flexibility index (Phi) is 3.66. The Balaban J connectivity index is 2.07. The van der Waals surface area contributed by atoms with Crippen LogP contribution in [0.15, 0.2) is 30.3 Å². The van der Waals surface area contributed by atoms with Gasteiger partial charge in [-0.2, -0.15) is 0 Å². The number of carbonyl (C=O) groups excluding carboxylic acids is 2. The van der Waals surface area contributed by atoms with Gasteiger partial charge in [0.2, 0.25) is 0 Å². The van der Waals surface area contributed by atoms with Gasteiger partial charge < -0.3 is 4.98 Å². The van der Waals surface area contributed by atoms with E-state index in [-0.39, 0.29) is 16.6 Å². The number of benzene rings is 1. The number of amides is 2. The van der Waals surface area contributed by atoms with E-state index in [2.05, 4.69) is 31.8 Å².